The summed E-state index contributed by atoms with van der Waals surface area (Å²) in [5.74, 6) is 0.585. The molecule has 1 amide bonds. The zero-order chi connectivity index (χ0) is 16.7. The van der Waals surface area contributed by atoms with Crippen LogP contribution in [-0.2, 0) is 4.79 Å². The average molecular weight is 320 g/mol. The number of likely N-dealkylation sites (tertiary alicyclic amines) is 1. The van der Waals surface area contributed by atoms with Gasteiger partial charge in [0.25, 0.3) is 0 Å². The summed E-state index contributed by atoms with van der Waals surface area (Å²) in [6.07, 6.45) is 1.86. The van der Waals surface area contributed by atoms with E-state index in [1.165, 1.54) is 16.7 Å². The van der Waals surface area contributed by atoms with Gasteiger partial charge in [-0.2, -0.15) is 0 Å². The van der Waals surface area contributed by atoms with Gasteiger partial charge in [-0.1, -0.05) is 61.5 Å². The fourth-order valence-corrected chi connectivity index (χ4v) is 4.07. The van der Waals surface area contributed by atoms with E-state index in [0.717, 1.165) is 19.4 Å². The van der Waals surface area contributed by atoms with E-state index in [4.69, 9.17) is 5.73 Å². The molecule has 3 unspecified atom stereocenters. The minimum atomic E-state index is -0.269. The van der Waals surface area contributed by atoms with Crippen LogP contribution in [0.3, 0.4) is 0 Å². The van der Waals surface area contributed by atoms with Crippen molar-refractivity contribution in [2.24, 2.45) is 11.1 Å². The van der Waals surface area contributed by atoms with Crippen LogP contribution in [0.15, 0.2) is 54.6 Å². The van der Waals surface area contributed by atoms with Crippen molar-refractivity contribution in [2.75, 3.05) is 13.1 Å². The molecule has 0 aromatic heterocycles. The number of carbonyl (C=O) groups is 1. The molecule has 4 rings (SSSR count). The summed E-state index contributed by atoms with van der Waals surface area (Å²) in [7, 11) is 0. The molecule has 2 N–H and O–H groups in total. The Kier molecular flexibility index (Phi) is 3.69. The molecule has 1 aliphatic heterocycles. The molecule has 3 heteroatoms. The van der Waals surface area contributed by atoms with E-state index in [1.807, 2.05) is 11.0 Å². The van der Waals surface area contributed by atoms with E-state index in [1.54, 1.807) is 0 Å². The third-order valence-electron chi connectivity index (χ3n) is 5.66. The molecule has 0 spiro atoms. The Balaban J connectivity index is 1.62. The van der Waals surface area contributed by atoms with Gasteiger partial charge in [-0.25, -0.2) is 0 Å². The first-order valence-electron chi connectivity index (χ1n) is 8.79. The van der Waals surface area contributed by atoms with Gasteiger partial charge in [0, 0.05) is 19.1 Å². The van der Waals surface area contributed by atoms with Gasteiger partial charge < -0.3 is 10.6 Å². The Morgan fingerprint density at radius 3 is 2.54 bits per heavy atom. The molecule has 2 fully saturated rings. The minimum absolute atomic E-state index is 0.145. The second-order valence-electron chi connectivity index (χ2n) is 7.43. The van der Waals surface area contributed by atoms with Crippen LogP contribution in [0.1, 0.15) is 31.2 Å². The molecule has 3 nitrogen and oxygen atoms in total. The van der Waals surface area contributed by atoms with Crippen LogP contribution < -0.4 is 5.73 Å². The van der Waals surface area contributed by atoms with Crippen LogP contribution in [0, 0.1) is 5.41 Å². The summed E-state index contributed by atoms with van der Waals surface area (Å²) in [5, 5.41) is 0. The number of hydrogen-bond donors (Lipinski definition) is 1. The number of amides is 1. The van der Waals surface area contributed by atoms with Crippen molar-refractivity contribution >= 4 is 5.91 Å². The van der Waals surface area contributed by atoms with E-state index in [-0.39, 0.29) is 17.4 Å². The maximum atomic E-state index is 13.0. The average Bonchev–Trinajstić information content (AvgIpc) is 3.13. The van der Waals surface area contributed by atoms with Gasteiger partial charge in [0.1, 0.15) is 0 Å². The lowest BCUT2D eigenvalue weighted by atomic mass is 9.92. The Morgan fingerprint density at radius 2 is 1.83 bits per heavy atom. The van der Waals surface area contributed by atoms with E-state index in [2.05, 4.69) is 55.5 Å². The molecule has 24 heavy (non-hydrogen) atoms. The van der Waals surface area contributed by atoms with Crippen molar-refractivity contribution in [1.82, 2.24) is 4.90 Å². The molecule has 2 aliphatic rings. The quantitative estimate of drug-likeness (QED) is 0.942. The van der Waals surface area contributed by atoms with E-state index >= 15 is 0 Å². The maximum absolute atomic E-state index is 13.0. The van der Waals surface area contributed by atoms with E-state index < -0.39 is 0 Å². The third kappa shape index (κ3) is 2.53. The van der Waals surface area contributed by atoms with Crippen molar-refractivity contribution in [1.29, 1.82) is 0 Å². The molecule has 3 atom stereocenters. The SMILES string of the molecule is CC1(C(=O)N2CCC(N)C2)CC1c1ccccc1-c1ccccc1. The number of nitrogens with zero attached hydrogens (tertiary/aromatic N) is 1. The first-order chi connectivity index (χ1) is 11.6. The molecule has 1 saturated carbocycles. The van der Waals surface area contributed by atoms with Crippen molar-refractivity contribution in [3.8, 4) is 11.1 Å². The summed E-state index contributed by atoms with van der Waals surface area (Å²) >= 11 is 0. The molecule has 124 valence electrons. The highest BCUT2D eigenvalue weighted by atomic mass is 16.2. The molecule has 1 saturated heterocycles. The largest absolute Gasteiger partial charge is 0.341 e. The van der Waals surface area contributed by atoms with Crippen molar-refractivity contribution in [2.45, 2.75) is 31.7 Å². The Labute approximate surface area is 143 Å². The van der Waals surface area contributed by atoms with Gasteiger partial charge in [0.2, 0.25) is 5.91 Å². The monoisotopic (exact) mass is 320 g/mol. The molecule has 2 aromatic carbocycles. The van der Waals surface area contributed by atoms with Gasteiger partial charge >= 0.3 is 0 Å². The van der Waals surface area contributed by atoms with Gasteiger partial charge in [0.15, 0.2) is 0 Å². The topological polar surface area (TPSA) is 46.3 Å². The number of rotatable bonds is 3. The van der Waals surface area contributed by atoms with Gasteiger partial charge in [-0.15, -0.1) is 0 Å². The summed E-state index contributed by atoms with van der Waals surface area (Å²) in [4.78, 5) is 14.9. The van der Waals surface area contributed by atoms with Crippen LogP contribution in [-0.4, -0.2) is 29.9 Å². The first kappa shape index (κ1) is 15.4. The van der Waals surface area contributed by atoms with E-state index in [0.29, 0.717) is 12.5 Å². The van der Waals surface area contributed by atoms with Crippen molar-refractivity contribution < 1.29 is 4.79 Å². The second kappa shape index (κ2) is 5.75. The zero-order valence-electron chi connectivity index (χ0n) is 14.1. The third-order valence-corrected chi connectivity index (χ3v) is 5.66. The number of benzene rings is 2. The molecule has 2 aromatic rings. The molecule has 1 heterocycles. The second-order valence-corrected chi connectivity index (χ2v) is 7.43. The maximum Gasteiger partial charge on any atom is 0.229 e. The van der Waals surface area contributed by atoms with Gasteiger partial charge in [0.05, 0.1) is 5.41 Å². The summed E-state index contributed by atoms with van der Waals surface area (Å²) < 4.78 is 0. The molecular weight excluding hydrogens is 296 g/mol. The highest BCUT2D eigenvalue weighted by Gasteiger charge is 2.58. The molecule has 0 radical (unpaired) electrons. The zero-order valence-corrected chi connectivity index (χ0v) is 14.1. The predicted octanol–water partition coefficient (Wildman–Crippen LogP) is 3.41. The normalized spacial score (nSPS) is 28.8. The highest BCUT2D eigenvalue weighted by Crippen LogP contribution is 2.61. The lowest BCUT2D eigenvalue weighted by molar-refractivity contribution is -0.135. The Hall–Kier alpha value is -2.13. The van der Waals surface area contributed by atoms with Crippen LogP contribution >= 0.6 is 0 Å². The van der Waals surface area contributed by atoms with Gasteiger partial charge in [-0.05, 0) is 35.4 Å². The van der Waals surface area contributed by atoms with Crippen LogP contribution in [0.4, 0.5) is 0 Å². The van der Waals surface area contributed by atoms with Crippen LogP contribution in [0.25, 0.3) is 11.1 Å². The summed E-state index contributed by atoms with van der Waals surface area (Å²) in [6.45, 7) is 3.63. The standard InChI is InChI=1S/C21H24N2O/c1-21(20(24)23-12-11-16(22)14-23)13-19(21)18-10-6-5-9-17(18)15-7-3-2-4-8-15/h2-10,16,19H,11-14,22H2,1H3. The lowest BCUT2D eigenvalue weighted by Gasteiger charge is -2.22. The Morgan fingerprint density at radius 1 is 1.12 bits per heavy atom. The summed E-state index contributed by atoms with van der Waals surface area (Å²) in [6, 6.07) is 19.1. The smallest absolute Gasteiger partial charge is 0.229 e. The van der Waals surface area contributed by atoms with Crippen LogP contribution in [0.5, 0.6) is 0 Å². The lowest BCUT2D eigenvalue weighted by Crippen LogP contribution is -2.36. The fourth-order valence-electron chi connectivity index (χ4n) is 4.07. The predicted molar refractivity (Wildman–Crippen MR) is 96.5 cm³/mol. The first-order valence-corrected chi connectivity index (χ1v) is 8.79. The van der Waals surface area contributed by atoms with E-state index in [9.17, 15) is 4.79 Å². The van der Waals surface area contributed by atoms with Crippen LogP contribution in [0.2, 0.25) is 0 Å². The molecule has 1 aliphatic carbocycles. The highest BCUT2D eigenvalue weighted by molar-refractivity contribution is 5.88. The molecular formula is C21H24N2O. The minimum Gasteiger partial charge on any atom is -0.341 e. The number of carbonyl (C=O) groups excluding carboxylic acids is 1. The summed E-state index contributed by atoms with van der Waals surface area (Å²) in [5.41, 5.74) is 9.47. The van der Waals surface area contributed by atoms with Gasteiger partial charge in [-0.3, -0.25) is 4.79 Å². The van der Waals surface area contributed by atoms with Crippen molar-refractivity contribution in [3.05, 3.63) is 60.2 Å². The Bertz CT molecular complexity index is 757. The number of nitrogens with two attached hydrogens (primary N) is 1. The number of hydrogen-bond acceptors (Lipinski definition) is 2. The van der Waals surface area contributed by atoms with Crippen molar-refractivity contribution in [3.63, 3.8) is 0 Å². The fraction of sp³-hybridized carbons (Fsp3) is 0.381. The molecule has 0 bridgehead atoms.